The van der Waals surface area contributed by atoms with Crippen LogP contribution in [0.1, 0.15) is 57.8 Å². The zero-order valence-electron chi connectivity index (χ0n) is 12.1. The van der Waals surface area contributed by atoms with Crippen molar-refractivity contribution in [3.63, 3.8) is 0 Å². The van der Waals surface area contributed by atoms with Crippen LogP contribution in [0.3, 0.4) is 0 Å². The number of carboxylic acids is 1. The van der Waals surface area contributed by atoms with Gasteiger partial charge in [-0.05, 0) is 37.6 Å². The van der Waals surface area contributed by atoms with Crippen LogP contribution < -0.4 is 11.1 Å². The first-order valence-corrected chi connectivity index (χ1v) is 7.79. The number of carboxylic acid groups (broad SMARTS) is 1. The lowest BCUT2D eigenvalue weighted by Gasteiger charge is -2.36. The van der Waals surface area contributed by atoms with Crippen molar-refractivity contribution in [2.75, 3.05) is 6.54 Å². The average molecular weight is 282 g/mol. The number of nitrogens with two attached hydrogens (primary N) is 1. The van der Waals surface area contributed by atoms with Crippen molar-refractivity contribution in [2.24, 2.45) is 17.1 Å². The summed E-state index contributed by atoms with van der Waals surface area (Å²) >= 11 is 0. The summed E-state index contributed by atoms with van der Waals surface area (Å²) in [6.07, 6.45) is 8.33. The molecule has 2 rings (SSSR count). The smallest absolute Gasteiger partial charge is 0.308 e. The van der Waals surface area contributed by atoms with E-state index in [2.05, 4.69) is 5.32 Å². The van der Waals surface area contributed by atoms with Crippen LogP contribution in [0.25, 0.3) is 0 Å². The monoisotopic (exact) mass is 282 g/mol. The molecule has 2 fully saturated rings. The van der Waals surface area contributed by atoms with Crippen LogP contribution in [-0.2, 0) is 9.59 Å². The lowest BCUT2D eigenvalue weighted by atomic mass is 9.71. The molecule has 5 heteroatoms. The van der Waals surface area contributed by atoms with Gasteiger partial charge >= 0.3 is 5.97 Å². The van der Waals surface area contributed by atoms with Gasteiger partial charge in [0.25, 0.3) is 0 Å². The molecule has 0 radical (unpaired) electrons. The maximum Gasteiger partial charge on any atom is 0.308 e. The Balaban J connectivity index is 1.89. The number of aliphatic carboxylic acids is 1. The second-order valence-corrected chi connectivity index (χ2v) is 6.49. The van der Waals surface area contributed by atoms with Crippen molar-refractivity contribution in [1.82, 2.24) is 5.32 Å². The van der Waals surface area contributed by atoms with Gasteiger partial charge in [-0.25, -0.2) is 0 Å². The molecule has 2 unspecified atom stereocenters. The highest BCUT2D eigenvalue weighted by Gasteiger charge is 2.37. The summed E-state index contributed by atoms with van der Waals surface area (Å²) in [7, 11) is 0. The van der Waals surface area contributed by atoms with E-state index in [9.17, 15) is 9.59 Å². The maximum atomic E-state index is 12.2. The van der Waals surface area contributed by atoms with Gasteiger partial charge in [-0.2, -0.15) is 0 Å². The molecule has 2 aliphatic rings. The van der Waals surface area contributed by atoms with Crippen molar-refractivity contribution in [3.05, 3.63) is 0 Å². The van der Waals surface area contributed by atoms with Gasteiger partial charge in [-0.15, -0.1) is 0 Å². The fourth-order valence-electron chi connectivity index (χ4n) is 3.78. The first kappa shape index (κ1) is 15.3. The molecule has 5 nitrogen and oxygen atoms in total. The molecule has 0 aromatic heterocycles. The van der Waals surface area contributed by atoms with Gasteiger partial charge in [-0.3, -0.25) is 9.59 Å². The largest absolute Gasteiger partial charge is 0.481 e. The molecular weight excluding hydrogens is 256 g/mol. The highest BCUT2D eigenvalue weighted by Crippen LogP contribution is 2.38. The molecule has 2 aliphatic carbocycles. The summed E-state index contributed by atoms with van der Waals surface area (Å²) in [5, 5.41) is 12.1. The Labute approximate surface area is 120 Å². The summed E-state index contributed by atoms with van der Waals surface area (Å²) in [4.78, 5) is 23.4. The van der Waals surface area contributed by atoms with Crippen LogP contribution in [0.5, 0.6) is 0 Å². The number of hydrogen-bond acceptors (Lipinski definition) is 3. The number of hydrogen-bond donors (Lipinski definition) is 3. The van der Waals surface area contributed by atoms with Crippen molar-refractivity contribution in [2.45, 2.75) is 63.8 Å². The Kier molecular flexibility index (Phi) is 5.02. The van der Waals surface area contributed by atoms with Crippen LogP contribution >= 0.6 is 0 Å². The molecule has 0 aromatic carbocycles. The Hall–Kier alpha value is -1.10. The van der Waals surface area contributed by atoms with E-state index in [0.29, 0.717) is 19.4 Å². The standard InChI is InChI=1S/C15H26N2O3/c16-10-15(7-2-1-3-8-15)9-13(18)17-12-6-4-5-11(12)14(19)20/h11-12H,1-10,16H2,(H,17,18)(H,19,20). The van der Waals surface area contributed by atoms with Crippen molar-refractivity contribution < 1.29 is 14.7 Å². The Morgan fingerprint density at radius 2 is 1.85 bits per heavy atom. The van der Waals surface area contributed by atoms with Gasteiger partial charge in [-0.1, -0.05) is 25.7 Å². The molecule has 2 saturated carbocycles. The Morgan fingerprint density at radius 1 is 1.15 bits per heavy atom. The second-order valence-electron chi connectivity index (χ2n) is 6.49. The number of rotatable bonds is 5. The van der Waals surface area contributed by atoms with Gasteiger partial charge in [0.2, 0.25) is 5.91 Å². The van der Waals surface area contributed by atoms with Crippen LogP contribution in [0.15, 0.2) is 0 Å². The summed E-state index contributed by atoms with van der Waals surface area (Å²) in [5.74, 6) is -1.23. The zero-order chi connectivity index (χ0) is 14.6. The number of nitrogens with one attached hydrogen (secondary N) is 1. The van der Waals surface area contributed by atoms with E-state index in [1.54, 1.807) is 0 Å². The summed E-state index contributed by atoms with van der Waals surface area (Å²) in [6.45, 7) is 0.549. The second kappa shape index (κ2) is 6.57. The van der Waals surface area contributed by atoms with E-state index >= 15 is 0 Å². The summed E-state index contributed by atoms with van der Waals surface area (Å²) < 4.78 is 0. The van der Waals surface area contributed by atoms with Crippen LogP contribution in [0.2, 0.25) is 0 Å². The minimum Gasteiger partial charge on any atom is -0.481 e. The van der Waals surface area contributed by atoms with Crippen LogP contribution in [0, 0.1) is 11.3 Å². The van der Waals surface area contributed by atoms with Crippen molar-refractivity contribution in [1.29, 1.82) is 0 Å². The molecule has 1 amide bonds. The van der Waals surface area contributed by atoms with Gasteiger partial charge in [0.1, 0.15) is 0 Å². The molecule has 0 saturated heterocycles. The molecule has 0 aromatic rings. The summed E-state index contributed by atoms with van der Waals surface area (Å²) in [6, 6.07) is -0.196. The van der Waals surface area contributed by atoms with Gasteiger partial charge in [0, 0.05) is 12.5 Å². The molecule has 0 spiro atoms. The third-order valence-corrected chi connectivity index (χ3v) is 5.06. The molecule has 114 valence electrons. The number of carbonyl (C=O) groups excluding carboxylic acids is 1. The van der Waals surface area contributed by atoms with Gasteiger partial charge in [0.15, 0.2) is 0 Å². The Bertz CT molecular complexity index is 364. The minimum absolute atomic E-state index is 0.0181. The van der Waals surface area contributed by atoms with E-state index in [-0.39, 0.29) is 17.4 Å². The molecule has 4 N–H and O–H groups in total. The van der Waals surface area contributed by atoms with E-state index in [4.69, 9.17) is 10.8 Å². The maximum absolute atomic E-state index is 12.2. The quantitative estimate of drug-likeness (QED) is 0.715. The predicted octanol–water partition coefficient (Wildman–Crippen LogP) is 1.66. The first-order chi connectivity index (χ1) is 9.56. The lowest BCUT2D eigenvalue weighted by molar-refractivity contribution is -0.142. The zero-order valence-corrected chi connectivity index (χ0v) is 12.1. The molecule has 2 atom stereocenters. The number of carbonyl (C=O) groups is 2. The molecule has 0 bridgehead atoms. The van der Waals surface area contributed by atoms with Crippen molar-refractivity contribution in [3.8, 4) is 0 Å². The average Bonchev–Trinajstić information content (AvgIpc) is 2.88. The molecular formula is C15H26N2O3. The normalized spacial score (nSPS) is 29.1. The molecule has 20 heavy (non-hydrogen) atoms. The van der Waals surface area contributed by atoms with Gasteiger partial charge in [0.05, 0.1) is 5.92 Å². The van der Waals surface area contributed by atoms with E-state index in [1.165, 1.54) is 6.42 Å². The van der Waals surface area contributed by atoms with Gasteiger partial charge < -0.3 is 16.2 Å². The minimum atomic E-state index is -0.793. The SMILES string of the molecule is NCC1(CC(=O)NC2CCCC2C(=O)O)CCCCC1. The van der Waals surface area contributed by atoms with Crippen molar-refractivity contribution >= 4 is 11.9 Å². The third kappa shape index (κ3) is 3.51. The van der Waals surface area contributed by atoms with E-state index in [1.807, 2.05) is 0 Å². The predicted molar refractivity (Wildman–Crippen MR) is 76.1 cm³/mol. The number of amides is 1. The van der Waals surface area contributed by atoms with E-state index in [0.717, 1.165) is 38.5 Å². The lowest BCUT2D eigenvalue weighted by Crippen LogP contribution is -2.44. The van der Waals surface area contributed by atoms with E-state index < -0.39 is 11.9 Å². The summed E-state index contributed by atoms with van der Waals surface area (Å²) in [5.41, 5.74) is 5.84. The molecule has 0 heterocycles. The highest BCUT2D eigenvalue weighted by atomic mass is 16.4. The highest BCUT2D eigenvalue weighted by molar-refractivity contribution is 5.79. The fourth-order valence-corrected chi connectivity index (χ4v) is 3.78. The Morgan fingerprint density at radius 3 is 2.45 bits per heavy atom. The fraction of sp³-hybridized carbons (Fsp3) is 0.867. The first-order valence-electron chi connectivity index (χ1n) is 7.79. The third-order valence-electron chi connectivity index (χ3n) is 5.06. The van der Waals surface area contributed by atoms with Crippen LogP contribution in [-0.4, -0.2) is 29.6 Å². The molecule has 0 aliphatic heterocycles. The topological polar surface area (TPSA) is 92.4 Å². The van der Waals surface area contributed by atoms with Crippen LogP contribution in [0.4, 0.5) is 0 Å².